The van der Waals surface area contributed by atoms with Gasteiger partial charge in [0.15, 0.2) is 0 Å². The molecule has 0 spiro atoms. The zero-order valence-corrected chi connectivity index (χ0v) is 11.8. The Morgan fingerprint density at radius 2 is 2.30 bits per heavy atom. The van der Waals surface area contributed by atoms with E-state index in [0.29, 0.717) is 12.2 Å². The van der Waals surface area contributed by atoms with E-state index in [0.717, 1.165) is 11.1 Å². The van der Waals surface area contributed by atoms with Crippen LogP contribution in [0.15, 0.2) is 29.2 Å². The molecule has 0 aliphatic carbocycles. The van der Waals surface area contributed by atoms with Crippen molar-refractivity contribution in [2.75, 3.05) is 25.5 Å². The van der Waals surface area contributed by atoms with E-state index >= 15 is 0 Å². The van der Waals surface area contributed by atoms with Gasteiger partial charge in [-0.05, 0) is 12.1 Å². The Labute approximate surface area is 116 Å². The second kappa shape index (κ2) is 5.73. The van der Waals surface area contributed by atoms with Gasteiger partial charge in [-0.1, -0.05) is 6.92 Å². The molecular formula is C14H18N4O2. The Morgan fingerprint density at radius 1 is 1.55 bits per heavy atom. The van der Waals surface area contributed by atoms with E-state index in [9.17, 15) is 9.59 Å². The number of fused-ring (bicyclic) bond motifs is 1. The minimum absolute atomic E-state index is 0.0240. The highest BCUT2D eigenvalue weighted by Crippen LogP contribution is 2.21. The quantitative estimate of drug-likeness (QED) is 0.862. The van der Waals surface area contributed by atoms with Crippen LogP contribution in [-0.4, -0.2) is 36.5 Å². The van der Waals surface area contributed by atoms with Crippen LogP contribution in [0.3, 0.4) is 0 Å². The predicted molar refractivity (Wildman–Crippen MR) is 78.9 cm³/mol. The first kappa shape index (κ1) is 14.0. The monoisotopic (exact) mass is 274 g/mol. The number of amides is 1. The Balaban J connectivity index is 2.37. The van der Waals surface area contributed by atoms with E-state index in [4.69, 9.17) is 0 Å². The smallest absolute Gasteiger partial charge is 0.251 e. The summed E-state index contributed by atoms with van der Waals surface area (Å²) in [5.74, 6) is -0.194. The molecule has 2 aromatic heterocycles. The van der Waals surface area contributed by atoms with E-state index < -0.39 is 0 Å². The lowest BCUT2D eigenvalue weighted by Crippen LogP contribution is -2.34. The molecule has 0 aliphatic heterocycles. The summed E-state index contributed by atoms with van der Waals surface area (Å²) in [6.45, 7) is 2.37. The number of anilines is 1. The van der Waals surface area contributed by atoms with Gasteiger partial charge in [-0.2, -0.15) is 0 Å². The number of aromatic amines is 1. The third-order valence-corrected chi connectivity index (χ3v) is 3.25. The van der Waals surface area contributed by atoms with Crippen LogP contribution < -0.4 is 15.8 Å². The van der Waals surface area contributed by atoms with Gasteiger partial charge in [0.1, 0.15) is 5.65 Å². The lowest BCUT2D eigenvalue weighted by atomic mass is 10.1. The number of nitrogens with one attached hydrogen (secondary N) is 2. The molecule has 20 heavy (non-hydrogen) atoms. The van der Waals surface area contributed by atoms with Gasteiger partial charge in [0, 0.05) is 38.3 Å². The standard InChI is InChI=1S/C14H18N4O2/c1-9(14(20)15-2)8-18(3)11-7-12(19)17-13-10(11)5-4-6-16-13/h4-7,9H,8H2,1-3H3,(H,15,20)(H,16,17,19). The summed E-state index contributed by atoms with van der Waals surface area (Å²) in [4.78, 5) is 32.0. The van der Waals surface area contributed by atoms with E-state index in [1.807, 2.05) is 31.0 Å². The van der Waals surface area contributed by atoms with Crippen LogP contribution in [0.4, 0.5) is 5.69 Å². The molecular weight excluding hydrogens is 256 g/mol. The zero-order chi connectivity index (χ0) is 14.7. The average Bonchev–Trinajstić information content (AvgIpc) is 2.45. The van der Waals surface area contributed by atoms with Gasteiger partial charge in [-0.15, -0.1) is 0 Å². The maximum atomic E-state index is 11.7. The lowest BCUT2D eigenvalue weighted by molar-refractivity contribution is -0.123. The normalized spacial score (nSPS) is 12.2. The predicted octanol–water partition coefficient (Wildman–Crippen LogP) is 0.741. The third-order valence-electron chi connectivity index (χ3n) is 3.25. The maximum Gasteiger partial charge on any atom is 0.251 e. The van der Waals surface area contributed by atoms with Gasteiger partial charge in [-0.25, -0.2) is 4.98 Å². The van der Waals surface area contributed by atoms with Gasteiger partial charge in [-0.3, -0.25) is 9.59 Å². The first-order chi connectivity index (χ1) is 9.52. The van der Waals surface area contributed by atoms with Crippen molar-refractivity contribution in [2.24, 2.45) is 5.92 Å². The molecule has 1 amide bonds. The maximum absolute atomic E-state index is 11.7. The Kier molecular flexibility index (Phi) is 4.02. The molecule has 0 fully saturated rings. The molecule has 106 valence electrons. The lowest BCUT2D eigenvalue weighted by Gasteiger charge is -2.23. The first-order valence-electron chi connectivity index (χ1n) is 6.43. The van der Waals surface area contributed by atoms with Crippen LogP contribution in [-0.2, 0) is 4.79 Å². The fourth-order valence-corrected chi connectivity index (χ4v) is 2.22. The minimum Gasteiger partial charge on any atom is -0.373 e. The molecule has 2 aromatic rings. The topological polar surface area (TPSA) is 78.1 Å². The van der Waals surface area contributed by atoms with Crippen LogP contribution in [0.1, 0.15) is 6.92 Å². The van der Waals surface area contributed by atoms with Gasteiger partial charge in [0.05, 0.1) is 11.6 Å². The molecule has 0 aliphatic rings. The van der Waals surface area contributed by atoms with Crippen molar-refractivity contribution in [3.8, 4) is 0 Å². The van der Waals surface area contributed by atoms with Gasteiger partial charge < -0.3 is 15.2 Å². The molecule has 2 rings (SSSR count). The molecule has 2 heterocycles. The first-order valence-corrected chi connectivity index (χ1v) is 6.43. The second-order valence-corrected chi connectivity index (χ2v) is 4.81. The van der Waals surface area contributed by atoms with Crippen LogP contribution >= 0.6 is 0 Å². The van der Waals surface area contributed by atoms with Gasteiger partial charge >= 0.3 is 0 Å². The number of carbonyl (C=O) groups is 1. The summed E-state index contributed by atoms with van der Waals surface area (Å²) in [5.41, 5.74) is 1.12. The summed E-state index contributed by atoms with van der Waals surface area (Å²) in [7, 11) is 3.48. The van der Waals surface area contributed by atoms with Gasteiger partial charge in [0.2, 0.25) is 5.91 Å². The number of hydrogen-bond donors (Lipinski definition) is 2. The second-order valence-electron chi connectivity index (χ2n) is 4.81. The number of nitrogens with zero attached hydrogens (tertiary/aromatic N) is 2. The summed E-state index contributed by atoms with van der Waals surface area (Å²) < 4.78 is 0. The number of pyridine rings is 2. The number of rotatable bonds is 4. The Morgan fingerprint density at radius 3 is 3.00 bits per heavy atom. The van der Waals surface area contributed by atoms with Crippen molar-refractivity contribution in [2.45, 2.75) is 6.92 Å². The van der Waals surface area contributed by atoms with Crippen molar-refractivity contribution >= 4 is 22.6 Å². The molecule has 6 heteroatoms. The van der Waals surface area contributed by atoms with Crippen molar-refractivity contribution in [1.29, 1.82) is 0 Å². The van der Waals surface area contributed by atoms with E-state index in [-0.39, 0.29) is 17.4 Å². The fraction of sp³-hybridized carbons (Fsp3) is 0.357. The van der Waals surface area contributed by atoms with Crippen LogP contribution in [0.25, 0.3) is 11.0 Å². The summed E-state index contributed by atoms with van der Waals surface area (Å²) in [6.07, 6.45) is 1.63. The van der Waals surface area contributed by atoms with E-state index in [1.54, 1.807) is 13.2 Å². The van der Waals surface area contributed by atoms with Crippen LogP contribution in [0.2, 0.25) is 0 Å². The molecule has 0 radical (unpaired) electrons. The van der Waals surface area contributed by atoms with Crippen molar-refractivity contribution in [1.82, 2.24) is 15.3 Å². The SMILES string of the molecule is CNC(=O)C(C)CN(C)c1cc(=O)[nH]c2ncccc12. The van der Waals surface area contributed by atoms with Gasteiger partial charge in [0.25, 0.3) is 5.56 Å². The van der Waals surface area contributed by atoms with E-state index in [1.165, 1.54) is 6.07 Å². The van der Waals surface area contributed by atoms with Crippen LogP contribution in [0, 0.1) is 5.92 Å². The molecule has 6 nitrogen and oxygen atoms in total. The summed E-state index contributed by atoms with van der Waals surface area (Å²) >= 11 is 0. The van der Waals surface area contributed by atoms with Crippen molar-refractivity contribution in [3.63, 3.8) is 0 Å². The minimum atomic E-state index is -0.203. The molecule has 1 unspecified atom stereocenters. The highest BCUT2D eigenvalue weighted by molar-refractivity contribution is 5.89. The van der Waals surface area contributed by atoms with E-state index in [2.05, 4.69) is 15.3 Å². The molecule has 1 atom stereocenters. The number of H-pyrrole nitrogens is 1. The Bertz CT molecular complexity index is 680. The third kappa shape index (κ3) is 2.79. The van der Waals surface area contributed by atoms with Crippen LogP contribution in [0.5, 0.6) is 0 Å². The highest BCUT2D eigenvalue weighted by atomic mass is 16.1. The Hall–Kier alpha value is -2.37. The molecule has 0 bridgehead atoms. The zero-order valence-electron chi connectivity index (χ0n) is 11.8. The molecule has 0 saturated heterocycles. The van der Waals surface area contributed by atoms with Crippen molar-refractivity contribution in [3.05, 3.63) is 34.7 Å². The molecule has 0 saturated carbocycles. The summed E-state index contributed by atoms with van der Waals surface area (Å²) in [5, 5.41) is 3.48. The average molecular weight is 274 g/mol. The molecule has 2 N–H and O–H groups in total. The summed E-state index contributed by atoms with van der Waals surface area (Å²) in [6, 6.07) is 5.25. The van der Waals surface area contributed by atoms with Crippen molar-refractivity contribution < 1.29 is 4.79 Å². The molecule has 0 aromatic carbocycles. The number of aromatic nitrogens is 2. The largest absolute Gasteiger partial charge is 0.373 e. The highest BCUT2D eigenvalue weighted by Gasteiger charge is 2.16. The fourth-order valence-electron chi connectivity index (χ4n) is 2.22. The number of carbonyl (C=O) groups excluding carboxylic acids is 1. The number of hydrogen-bond acceptors (Lipinski definition) is 4.